The summed E-state index contributed by atoms with van der Waals surface area (Å²) in [7, 11) is 0. The van der Waals surface area contributed by atoms with Crippen LogP contribution in [0.4, 0.5) is 0 Å². The zero-order valence-corrected chi connectivity index (χ0v) is 8.18. The maximum Gasteiger partial charge on any atom is 0.307 e. The fraction of sp³-hybridized carbons (Fsp3) is 0.364. The van der Waals surface area contributed by atoms with Gasteiger partial charge >= 0.3 is 5.97 Å². The number of hydrogen-bond donors (Lipinski definition) is 1. The van der Waals surface area contributed by atoms with Crippen LogP contribution < -0.4 is 0 Å². The van der Waals surface area contributed by atoms with Gasteiger partial charge in [0.25, 0.3) is 0 Å². The lowest BCUT2D eigenvalue weighted by atomic mass is 10.1. The third-order valence-corrected chi connectivity index (χ3v) is 2.33. The predicted molar refractivity (Wildman–Crippen MR) is 52.4 cm³/mol. The van der Waals surface area contributed by atoms with Gasteiger partial charge in [-0.25, -0.2) is 0 Å². The molecule has 1 unspecified atom stereocenters. The second-order valence-corrected chi connectivity index (χ2v) is 3.46. The Kier molecular flexibility index (Phi) is 2.99. The van der Waals surface area contributed by atoms with Crippen molar-refractivity contribution >= 4 is 5.97 Å². The number of carboxylic acids is 1. The van der Waals surface area contributed by atoms with E-state index in [1.165, 1.54) is 0 Å². The van der Waals surface area contributed by atoms with Gasteiger partial charge in [-0.1, -0.05) is 24.3 Å². The van der Waals surface area contributed by atoms with Crippen molar-refractivity contribution in [3.05, 3.63) is 35.4 Å². The second kappa shape index (κ2) is 4.42. The molecule has 15 heavy (non-hydrogen) atoms. The quantitative estimate of drug-likeness (QED) is 0.814. The summed E-state index contributed by atoms with van der Waals surface area (Å²) in [6, 6.07) is 7.39. The number of hydrogen-bond acceptors (Lipinski definition) is 3. The van der Waals surface area contributed by atoms with Gasteiger partial charge in [-0.2, -0.15) is 0 Å². The van der Waals surface area contributed by atoms with Crippen LogP contribution in [0.3, 0.4) is 0 Å². The molecule has 0 bridgehead atoms. The van der Waals surface area contributed by atoms with Crippen molar-refractivity contribution in [2.24, 2.45) is 0 Å². The molecular weight excluding hydrogens is 196 g/mol. The smallest absolute Gasteiger partial charge is 0.307 e. The Hall–Kier alpha value is -1.39. The molecule has 1 aliphatic rings. The molecule has 0 spiro atoms. The maximum absolute atomic E-state index is 10.5. The first-order valence-corrected chi connectivity index (χ1v) is 4.75. The van der Waals surface area contributed by atoms with Crippen molar-refractivity contribution in [1.29, 1.82) is 0 Å². The van der Waals surface area contributed by atoms with Crippen LogP contribution in [-0.4, -0.2) is 24.5 Å². The first-order valence-electron chi connectivity index (χ1n) is 4.75. The monoisotopic (exact) mass is 208 g/mol. The van der Waals surface area contributed by atoms with Crippen molar-refractivity contribution in [2.45, 2.75) is 12.5 Å². The Bertz CT molecular complexity index is 338. The average molecular weight is 208 g/mol. The van der Waals surface area contributed by atoms with Gasteiger partial charge in [-0.05, 0) is 11.1 Å². The van der Waals surface area contributed by atoms with E-state index < -0.39 is 5.97 Å². The first kappa shape index (κ1) is 10.1. The second-order valence-electron chi connectivity index (χ2n) is 3.46. The summed E-state index contributed by atoms with van der Waals surface area (Å²) in [4.78, 5) is 10.5. The van der Waals surface area contributed by atoms with Crippen molar-refractivity contribution in [2.75, 3.05) is 13.4 Å². The van der Waals surface area contributed by atoms with E-state index in [4.69, 9.17) is 14.6 Å². The summed E-state index contributed by atoms with van der Waals surface area (Å²) in [6.07, 6.45) is 0.0475. The molecule has 80 valence electrons. The largest absolute Gasteiger partial charge is 0.481 e. The molecule has 0 aromatic heterocycles. The Balaban J connectivity index is 2.06. The molecular formula is C11H12O4. The number of carboxylic acid groups (broad SMARTS) is 1. The molecule has 2 rings (SSSR count). The molecule has 0 saturated carbocycles. The highest BCUT2D eigenvalue weighted by Gasteiger charge is 2.17. The van der Waals surface area contributed by atoms with Crippen LogP contribution in [0.1, 0.15) is 17.2 Å². The van der Waals surface area contributed by atoms with E-state index in [-0.39, 0.29) is 12.5 Å². The van der Waals surface area contributed by atoms with Crippen molar-refractivity contribution < 1.29 is 19.4 Å². The van der Waals surface area contributed by atoms with Crippen molar-refractivity contribution in [3.63, 3.8) is 0 Å². The lowest BCUT2D eigenvalue weighted by Crippen LogP contribution is -2.02. The van der Waals surface area contributed by atoms with E-state index in [0.29, 0.717) is 13.4 Å². The molecule has 4 nitrogen and oxygen atoms in total. The summed E-state index contributed by atoms with van der Waals surface area (Å²) < 4.78 is 10.4. The highest BCUT2D eigenvalue weighted by molar-refractivity contribution is 5.70. The van der Waals surface area contributed by atoms with E-state index in [0.717, 1.165) is 11.1 Å². The van der Waals surface area contributed by atoms with E-state index >= 15 is 0 Å². The van der Waals surface area contributed by atoms with Gasteiger partial charge in [0, 0.05) is 0 Å². The summed E-state index contributed by atoms with van der Waals surface area (Å²) in [5.41, 5.74) is 1.83. The minimum atomic E-state index is -0.816. The standard InChI is InChI=1S/C11H12O4/c12-11(13)5-8-1-3-9(4-2-8)10-6-14-7-15-10/h1-4,10H,5-7H2,(H,12,13). The molecule has 0 radical (unpaired) electrons. The highest BCUT2D eigenvalue weighted by atomic mass is 16.7. The molecule has 1 N–H and O–H groups in total. The van der Waals surface area contributed by atoms with Crippen molar-refractivity contribution in [1.82, 2.24) is 0 Å². The van der Waals surface area contributed by atoms with Crippen LogP contribution in [-0.2, 0) is 20.7 Å². The van der Waals surface area contributed by atoms with Gasteiger partial charge in [0.1, 0.15) is 12.9 Å². The van der Waals surface area contributed by atoms with E-state index in [9.17, 15) is 4.79 Å². The Morgan fingerprint density at radius 1 is 1.40 bits per heavy atom. The van der Waals surface area contributed by atoms with Crippen LogP contribution in [0.2, 0.25) is 0 Å². The fourth-order valence-electron chi connectivity index (χ4n) is 1.55. The summed E-state index contributed by atoms with van der Waals surface area (Å²) in [5.74, 6) is -0.816. The van der Waals surface area contributed by atoms with Gasteiger partial charge in [0.2, 0.25) is 0 Å². The van der Waals surface area contributed by atoms with Gasteiger partial charge in [0.15, 0.2) is 0 Å². The molecule has 1 aromatic carbocycles. The lowest BCUT2D eigenvalue weighted by Gasteiger charge is -2.07. The number of carbonyl (C=O) groups is 1. The third-order valence-electron chi connectivity index (χ3n) is 2.33. The van der Waals surface area contributed by atoms with Crippen LogP contribution in [0.5, 0.6) is 0 Å². The SMILES string of the molecule is O=C(O)Cc1ccc(C2COCO2)cc1. The Morgan fingerprint density at radius 2 is 2.13 bits per heavy atom. The highest BCUT2D eigenvalue weighted by Crippen LogP contribution is 2.22. The molecule has 0 aliphatic carbocycles. The average Bonchev–Trinajstić information content (AvgIpc) is 2.71. The molecule has 1 aliphatic heterocycles. The minimum Gasteiger partial charge on any atom is -0.481 e. The minimum absolute atomic E-state index is 0.0103. The molecule has 4 heteroatoms. The molecule has 1 saturated heterocycles. The third kappa shape index (κ3) is 2.55. The fourth-order valence-corrected chi connectivity index (χ4v) is 1.55. The zero-order chi connectivity index (χ0) is 10.7. The lowest BCUT2D eigenvalue weighted by molar-refractivity contribution is -0.136. The van der Waals surface area contributed by atoms with Gasteiger partial charge in [0.05, 0.1) is 13.0 Å². The molecule has 1 aromatic rings. The summed E-state index contributed by atoms with van der Waals surface area (Å²) in [5, 5.41) is 8.60. The van der Waals surface area contributed by atoms with Gasteiger partial charge < -0.3 is 14.6 Å². The number of benzene rings is 1. The molecule has 0 amide bonds. The van der Waals surface area contributed by atoms with E-state index in [1.807, 2.05) is 24.3 Å². The van der Waals surface area contributed by atoms with Gasteiger partial charge in [-0.15, -0.1) is 0 Å². The molecule has 1 fully saturated rings. The summed E-state index contributed by atoms with van der Waals surface area (Å²) >= 11 is 0. The first-order chi connectivity index (χ1) is 7.25. The molecule has 1 heterocycles. The Labute approximate surface area is 87.4 Å². The predicted octanol–water partition coefficient (Wildman–Crippen LogP) is 1.36. The zero-order valence-electron chi connectivity index (χ0n) is 8.18. The number of rotatable bonds is 3. The summed E-state index contributed by atoms with van der Waals surface area (Å²) in [6.45, 7) is 0.903. The number of ether oxygens (including phenoxy) is 2. The Morgan fingerprint density at radius 3 is 2.67 bits per heavy atom. The van der Waals surface area contributed by atoms with Gasteiger partial charge in [-0.3, -0.25) is 4.79 Å². The topological polar surface area (TPSA) is 55.8 Å². The molecule has 1 atom stereocenters. The van der Waals surface area contributed by atoms with E-state index in [2.05, 4.69) is 0 Å². The maximum atomic E-state index is 10.5. The number of aliphatic carboxylic acids is 1. The van der Waals surface area contributed by atoms with Crippen LogP contribution >= 0.6 is 0 Å². The van der Waals surface area contributed by atoms with Crippen LogP contribution in [0.15, 0.2) is 24.3 Å². The van der Waals surface area contributed by atoms with Crippen LogP contribution in [0.25, 0.3) is 0 Å². The van der Waals surface area contributed by atoms with E-state index in [1.54, 1.807) is 0 Å². The van der Waals surface area contributed by atoms with Crippen LogP contribution in [0, 0.1) is 0 Å². The normalized spacial score (nSPS) is 20.4. The van der Waals surface area contributed by atoms with Crippen molar-refractivity contribution in [3.8, 4) is 0 Å².